The molecule has 0 fully saturated rings. The second-order valence-corrected chi connectivity index (χ2v) is 4.81. The topological polar surface area (TPSA) is 55.1 Å². The second-order valence-electron chi connectivity index (χ2n) is 4.37. The van der Waals surface area contributed by atoms with E-state index in [0.717, 1.165) is 12.1 Å². The molecule has 21 heavy (non-hydrogen) atoms. The van der Waals surface area contributed by atoms with Crippen molar-refractivity contribution in [2.75, 3.05) is 5.32 Å². The zero-order chi connectivity index (χ0) is 15.4. The third kappa shape index (κ3) is 3.82. The van der Waals surface area contributed by atoms with Gasteiger partial charge in [0.2, 0.25) is 5.91 Å². The van der Waals surface area contributed by atoms with Gasteiger partial charge in [-0.15, -0.1) is 0 Å². The first-order valence-corrected chi connectivity index (χ1v) is 6.51. The van der Waals surface area contributed by atoms with Crippen molar-refractivity contribution < 1.29 is 13.6 Å². The Morgan fingerprint density at radius 1 is 1.14 bits per heavy atom. The van der Waals surface area contributed by atoms with Crippen LogP contribution in [0.3, 0.4) is 0 Å². The Bertz CT molecular complexity index is 684. The summed E-state index contributed by atoms with van der Waals surface area (Å²) in [5, 5.41) is 2.55. The van der Waals surface area contributed by atoms with E-state index in [-0.39, 0.29) is 10.6 Å². The predicted octanol–water partition coefficient (Wildman–Crippen LogP) is 2.78. The molecule has 0 heterocycles. The summed E-state index contributed by atoms with van der Waals surface area (Å²) in [4.78, 5) is 12.1. The van der Waals surface area contributed by atoms with Crippen LogP contribution in [-0.2, 0) is 11.2 Å². The summed E-state index contributed by atoms with van der Waals surface area (Å²) >= 11 is 4.84. The van der Waals surface area contributed by atoms with Crippen LogP contribution < -0.4 is 11.1 Å². The summed E-state index contributed by atoms with van der Waals surface area (Å²) < 4.78 is 26.9. The fourth-order valence-corrected chi connectivity index (χ4v) is 1.94. The third-order valence-corrected chi connectivity index (χ3v) is 3.07. The van der Waals surface area contributed by atoms with E-state index in [0.29, 0.717) is 11.3 Å². The minimum Gasteiger partial charge on any atom is -0.389 e. The standard InChI is InChI=1S/C15H12F2N2OS/c16-12-5-2-6-13(17)11(12)8-14(20)19-10-4-1-3-9(7-10)15(18)21/h1-7H,8H2,(H2,18,21)(H,19,20). The molecule has 0 atom stereocenters. The van der Waals surface area contributed by atoms with E-state index in [1.165, 1.54) is 6.07 Å². The van der Waals surface area contributed by atoms with Crippen LogP contribution in [0.5, 0.6) is 0 Å². The van der Waals surface area contributed by atoms with Gasteiger partial charge in [0.05, 0.1) is 6.42 Å². The lowest BCUT2D eigenvalue weighted by atomic mass is 10.1. The number of rotatable bonds is 4. The lowest BCUT2D eigenvalue weighted by molar-refractivity contribution is -0.115. The maximum absolute atomic E-state index is 13.5. The number of hydrogen-bond acceptors (Lipinski definition) is 2. The smallest absolute Gasteiger partial charge is 0.229 e. The molecule has 108 valence electrons. The third-order valence-electron chi connectivity index (χ3n) is 2.83. The predicted molar refractivity (Wildman–Crippen MR) is 81.0 cm³/mol. The van der Waals surface area contributed by atoms with Crippen LogP contribution in [0.1, 0.15) is 11.1 Å². The molecule has 1 amide bonds. The minimum absolute atomic E-state index is 0.200. The van der Waals surface area contributed by atoms with E-state index in [2.05, 4.69) is 5.32 Å². The number of carbonyl (C=O) groups excluding carboxylic acids is 1. The Morgan fingerprint density at radius 3 is 2.38 bits per heavy atom. The fourth-order valence-electron chi connectivity index (χ4n) is 1.82. The molecule has 0 aliphatic carbocycles. The highest BCUT2D eigenvalue weighted by atomic mass is 32.1. The van der Waals surface area contributed by atoms with Crippen LogP contribution in [0.15, 0.2) is 42.5 Å². The number of nitrogens with two attached hydrogens (primary N) is 1. The number of anilines is 1. The summed E-state index contributed by atoms with van der Waals surface area (Å²) in [6, 6.07) is 10.1. The van der Waals surface area contributed by atoms with E-state index in [1.54, 1.807) is 24.3 Å². The molecular formula is C15H12F2N2OS. The van der Waals surface area contributed by atoms with Crippen molar-refractivity contribution >= 4 is 28.8 Å². The molecule has 2 aromatic carbocycles. The molecule has 0 aliphatic heterocycles. The number of benzene rings is 2. The van der Waals surface area contributed by atoms with Crippen LogP contribution in [0.25, 0.3) is 0 Å². The SMILES string of the molecule is NC(=S)c1cccc(NC(=O)Cc2c(F)cccc2F)c1. The molecule has 0 unspecified atom stereocenters. The van der Waals surface area contributed by atoms with Crippen LogP contribution in [-0.4, -0.2) is 10.9 Å². The molecule has 6 heteroatoms. The number of hydrogen-bond donors (Lipinski definition) is 2. The molecule has 3 N–H and O–H groups in total. The second kappa shape index (κ2) is 6.41. The van der Waals surface area contributed by atoms with Gasteiger partial charge in [-0.3, -0.25) is 4.79 Å². The number of nitrogens with one attached hydrogen (secondary N) is 1. The highest BCUT2D eigenvalue weighted by Crippen LogP contribution is 2.15. The maximum atomic E-state index is 13.5. The Kier molecular flexibility index (Phi) is 4.59. The van der Waals surface area contributed by atoms with E-state index >= 15 is 0 Å². The van der Waals surface area contributed by atoms with Gasteiger partial charge in [0, 0.05) is 16.8 Å². The van der Waals surface area contributed by atoms with Crippen molar-refractivity contribution in [2.45, 2.75) is 6.42 Å². The molecule has 0 saturated heterocycles. The minimum atomic E-state index is -0.748. The van der Waals surface area contributed by atoms with Gasteiger partial charge >= 0.3 is 0 Å². The summed E-state index contributed by atoms with van der Waals surface area (Å²) in [6.07, 6.45) is -0.393. The molecule has 0 bridgehead atoms. The van der Waals surface area contributed by atoms with Gasteiger partial charge < -0.3 is 11.1 Å². The van der Waals surface area contributed by atoms with Gasteiger partial charge in [-0.2, -0.15) is 0 Å². The van der Waals surface area contributed by atoms with Crippen LogP contribution in [0.2, 0.25) is 0 Å². The molecule has 3 nitrogen and oxygen atoms in total. The fraction of sp³-hybridized carbons (Fsp3) is 0.0667. The highest BCUT2D eigenvalue weighted by Gasteiger charge is 2.13. The first-order valence-electron chi connectivity index (χ1n) is 6.10. The summed E-state index contributed by atoms with van der Waals surface area (Å²) in [5.74, 6) is -2.02. The van der Waals surface area contributed by atoms with E-state index in [1.807, 2.05) is 0 Å². The summed E-state index contributed by atoms with van der Waals surface area (Å²) in [6.45, 7) is 0. The Balaban J connectivity index is 2.12. The quantitative estimate of drug-likeness (QED) is 0.854. The van der Waals surface area contributed by atoms with Crippen molar-refractivity contribution in [3.05, 3.63) is 65.2 Å². The largest absolute Gasteiger partial charge is 0.389 e. The van der Waals surface area contributed by atoms with E-state index < -0.39 is 24.0 Å². The molecule has 0 aromatic heterocycles. The van der Waals surface area contributed by atoms with Gasteiger partial charge in [0.15, 0.2) is 0 Å². The van der Waals surface area contributed by atoms with Crippen LogP contribution in [0.4, 0.5) is 14.5 Å². The molecule has 2 aromatic rings. The van der Waals surface area contributed by atoms with Crippen molar-refractivity contribution in [3.8, 4) is 0 Å². The van der Waals surface area contributed by atoms with Gasteiger partial charge in [0.25, 0.3) is 0 Å². The van der Waals surface area contributed by atoms with Gasteiger partial charge in [0.1, 0.15) is 16.6 Å². The average Bonchev–Trinajstić information content (AvgIpc) is 2.43. The van der Waals surface area contributed by atoms with Crippen molar-refractivity contribution in [1.82, 2.24) is 0 Å². The zero-order valence-electron chi connectivity index (χ0n) is 10.9. The average molecular weight is 306 g/mol. The van der Waals surface area contributed by atoms with Crippen molar-refractivity contribution in [2.24, 2.45) is 5.73 Å². The van der Waals surface area contributed by atoms with Gasteiger partial charge in [-0.1, -0.05) is 30.4 Å². The highest BCUT2D eigenvalue weighted by molar-refractivity contribution is 7.80. The number of carbonyl (C=O) groups is 1. The Morgan fingerprint density at radius 2 is 1.76 bits per heavy atom. The first kappa shape index (κ1) is 15.1. The monoisotopic (exact) mass is 306 g/mol. The Labute approximate surface area is 125 Å². The van der Waals surface area contributed by atoms with Crippen molar-refractivity contribution in [3.63, 3.8) is 0 Å². The molecule has 2 rings (SSSR count). The maximum Gasteiger partial charge on any atom is 0.229 e. The molecule has 0 saturated carbocycles. The molecular weight excluding hydrogens is 294 g/mol. The molecule has 0 spiro atoms. The zero-order valence-corrected chi connectivity index (χ0v) is 11.7. The first-order chi connectivity index (χ1) is 9.97. The molecule has 0 aliphatic rings. The number of halogens is 2. The normalized spacial score (nSPS) is 10.2. The van der Waals surface area contributed by atoms with E-state index in [4.69, 9.17) is 18.0 Å². The van der Waals surface area contributed by atoms with Gasteiger partial charge in [-0.05, 0) is 24.3 Å². The number of amides is 1. The summed E-state index contributed by atoms with van der Waals surface area (Å²) in [7, 11) is 0. The lowest BCUT2D eigenvalue weighted by Gasteiger charge is -2.08. The lowest BCUT2D eigenvalue weighted by Crippen LogP contribution is -2.17. The van der Waals surface area contributed by atoms with Crippen LogP contribution in [0, 0.1) is 11.6 Å². The molecule has 0 radical (unpaired) electrons. The summed E-state index contributed by atoms with van der Waals surface area (Å²) in [5.41, 5.74) is 6.29. The van der Waals surface area contributed by atoms with Crippen LogP contribution >= 0.6 is 12.2 Å². The van der Waals surface area contributed by atoms with E-state index in [9.17, 15) is 13.6 Å². The Hall–Kier alpha value is -2.34. The van der Waals surface area contributed by atoms with Crippen molar-refractivity contribution in [1.29, 1.82) is 0 Å². The number of thiocarbonyl (C=S) groups is 1. The van der Waals surface area contributed by atoms with Gasteiger partial charge in [-0.25, -0.2) is 8.78 Å².